The lowest BCUT2D eigenvalue weighted by Crippen LogP contribution is -2.37. The fourth-order valence-corrected chi connectivity index (χ4v) is 2.42. The number of aromatic nitrogens is 1. The Hall–Kier alpha value is -3.09. The molecule has 0 aliphatic heterocycles. The van der Waals surface area contributed by atoms with E-state index in [0.717, 1.165) is 5.69 Å². The monoisotopic (exact) mass is 357 g/mol. The number of hydrogen-bond donors (Lipinski definition) is 1. The van der Waals surface area contributed by atoms with Crippen molar-refractivity contribution in [3.63, 3.8) is 0 Å². The second-order valence-corrected chi connectivity index (χ2v) is 5.59. The molecule has 0 aliphatic carbocycles. The minimum atomic E-state index is -0.243. The highest BCUT2D eigenvalue weighted by Gasteiger charge is 2.13. The molecule has 1 aromatic heterocycles. The van der Waals surface area contributed by atoms with E-state index in [1.165, 1.54) is 21.1 Å². The van der Waals surface area contributed by atoms with Crippen LogP contribution in [0.25, 0.3) is 0 Å². The number of methoxy groups -OCH3 is 2. The summed E-state index contributed by atoms with van der Waals surface area (Å²) in [5.41, 5.74) is 1.26. The summed E-state index contributed by atoms with van der Waals surface area (Å²) in [4.78, 5) is 30.0. The Bertz CT molecular complexity index is 750. The van der Waals surface area contributed by atoms with Gasteiger partial charge in [-0.05, 0) is 30.3 Å². The Morgan fingerprint density at radius 3 is 2.50 bits per heavy atom. The molecule has 2 amide bonds. The predicted molar refractivity (Wildman–Crippen MR) is 97.2 cm³/mol. The molecule has 0 aliphatic rings. The van der Waals surface area contributed by atoms with Gasteiger partial charge < -0.3 is 19.7 Å². The van der Waals surface area contributed by atoms with Crippen molar-refractivity contribution < 1.29 is 19.1 Å². The second kappa shape index (κ2) is 9.41. The SMILES string of the molecule is COc1ccc(C(=O)NCCN(Cc2ccccn2)C(C)=O)cc1OC. The molecule has 0 atom stereocenters. The standard InChI is InChI=1S/C19H23N3O4/c1-14(23)22(13-16-6-4-5-9-20-16)11-10-21-19(24)15-7-8-17(25-2)18(12-15)26-3/h4-9,12H,10-11,13H2,1-3H3,(H,21,24). The summed E-state index contributed by atoms with van der Waals surface area (Å²) in [5.74, 6) is 0.728. The van der Waals surface area contributed by atoms with Gasteiger partial charge in [-0.15, -0.1) is 0 Å². The molecular formula is C19H23N3O4. The van der Waals surface area contributed by atoms with E-state index in [9.17, 15) is 9.59 Å². The van der Waals surface area contributed by atoms with Crippen LogP contribution in [0.1, 0.15) is 23.0 Å². The Kier molecular flexibility index (Phi) is 6.96. The van der Waals surface area contributed by atoms with Gasteiger partial charge in [0.25, 0.3) is 5.91 Å². The van der Waals surface area contributed by atoms with Crippen LogP contribution in [0.4, 0.5) is 0 Å². The van der Waals surface area contributed by atoms with Crippen molar-refractivity contribution in [2.45, 2.75) is 13.5 Å². The molecule has 2 rings (SSSR count). The van der Waals surface area contributed by atoms with Crippen molar-refractivity contribution in [1.82, 2.24) is 15.2 Å². The molecule has 0 fully saturated rings. The van der Waals surface area contributed by atoms with Crippen LogP contribution in [0.5, 0.6) is 11.5 Å². The molecule has 0 saturated heterocycles. The predicted octanol–water partition coefficient (Wildman–Crippen LogP) is 1.88. The van der Waals surface area contributed by atoms with Gasteiger partial charge in [0.05, 0.1) is 26.5 Å². The minimum absolute atomic E-state index is 0.0731. The number of nitrogens with one attached hydrogen (secondary N) is 1. The average Bonchev–Trinajstić information content (AvgIpc) is 2.67. The summed E-state index contributed by atoms with van der Waals surface area (Å²) < 4.78 is 10.4. The summed E-state index contributed by atoms with van der Waals surface area (Å²) >= 11 is 0. The highest BCUT2D eigenvalue weighted by atomic mass is 16.5. The number of carbonyl (C=O) groups is 2. The zero-order valence-corrected chi connectivity index (χ0v) is 15.2. The molecule has 1 N–H and O–H groups in total. The van der Waals surface area contributed by atoms with Gasteiger partial charge in [0.1, 0.15) is 0 Å². The van der Waals surface area contributed by atoms with Crippen LogP contribution in [0.3, 0.4) is 0 Å². The van der Waals surface area contributed by atoms with Crippen LogP contribution < -0.4 is 14.8 Å². The van der Waals surface area contributed by atoms with Crippen molar-refractivity contribution in [3.8, 4) is 11.5 Å². The highest BCUT2D eigenvalue weighted by Crippen LogP contribution is 2.27. The molecule has 0 bridgehead atoms. The molecule has 7 nitrogen and oxygen atoms in total. The lowest BCUT2D eigenvalue weighted by molar-refractivity contribution is -0.129. The highest BCUT2D eigenvalue weighted by molar-refractivity contribution is 5.94. The van der Waals surface area contributed by atoms with E-state index < -0.39 is 0 Å². The fourth-order valence-electron chi connectivity index (χ4n) is 2.42. The van der Waals surface area contributed by atoms with Gasteiger partial charge in [-0.25, -0.2) is 0 Å². The Morgan fingerprint density at radius 1 is 1.12 bits per heavy atom. The zero-order valence-electron chi connectivity index (χ0n) is 15.2. The van der Waals surface area contributed by atoms with E-state index in [1.807, 2.05) is 18.2 Å². The Balaban J connectivity index is 1.92. The van der Waals surface area contributed by atoms with E-state index in [2.05, 4.69) is 10.3 Å². The maximum absolute atomic E-state index is 12.3. The van der Waals surface area contributed by atoms with E-state index in [4.69, 9.17) is 9.47 Å². The van der Waals surface area contributed by atoms with Crippen molar-refractivity contribution in [2.75, 3.05) is 27.3 Å². The van der Waals surface area contributed by atoms with Crippen molar-refractivity contribution in [2.24, 2.45) is 0 Å². The number of pyridine rings is 1. The van der Waals surface area contributed by atoms with Crippen molar-refractivity contribution >= 4 is 11.8 Å². The van der Waals surface area contributed by atoms with Crippen LogP contribution >= 0.6 is 0 Å². The Morgan fingerprint density at radius 2 is 1.88 bits per heavy atom. The van der Waals surface area contributed by atoms with Gasteiger partial charge in [0.15, 0.2) is 11.5 Å². The summed E-state index contributed by atoms with van der Waals surface area (Å²) in [7, 11) is 3.05. The number of carbonyl (C=O) groups excluding carboxylic acids is 2. The number of ether oxygens (including phenoxy) is 2. The van der Waals surface area contributed by atoms with Gasteiger partial charge in [-0.1, -0.05) is 6.07 Å². The van der Waals surface area contributed by atoms with Crippen LogP contribution in [-0.2, 0) is 11.3 Å². The Labute approximate surface area is 152 Å². The first-order valence-electron chi connectivity index (χ1n) is 8.20. The lowest BCUT2D eigenvalue weighted by atomic mass is 10.2. The number of hydrogen-bond acceptors (Lipinski definition) is 5. The normalized spacial score (nSPS) is 10.1. The molecule has 0 spiro atoms. The molecular weight excluding hydrogens is 334 g/mol. The van der Waals surface area contributed by atoms with Crippen LogP contribution in [-0.4, -0.2) is 49.0 Å². The fraction of sp³-hybridized carbons (Fsp3) is 0.316. The quantitative estimate of drug-likeness (QED) is 0.780. The van der Waals surface area contributed by atoms with Crippen molar-refractivity contribution in [1.29, 1.82) is 0 Å². The number of nitrogens with zero attached hydrogens (tertiary/aromatic N) is 2. The van der Waals surface area contributed by atoms with E-state index >= 15 is 0 Å². The molecule has 1 heterocycles. The third kappa shape index (κ3) is 5.20. The largest absolute Gasteiger partial charge is 0.493 e. The maximum atomic E-state index is 12.3. The summed E-state index contributed by atoms with van der Waals surface area (Å²) in [6.07, 6.45) is 1.69. The topological polar surface area (TPSA) is 80.8 Å². The molecule has 0 radical (unpaired) electrons. The summed E-state index contributed by atoms with van der Waals surface area (Å²) in [5, 5.41) is 2.81. The first-order chi connectivity index (χ1) is 12.5. The van der Waals surface area contributed by atoms with Crippen LogP contribution in [0.15, 0.2) is 42.6 Å². The third-order valence-electron chi connectivity index (χ3n) is 3.84. The van der Waals surface area contributed by atoms with Gasteiger partial charge in [-0.2, -0.15) is 0 Å². The van der Waals surface area contributed by atoms with Crippen molar-refractivity contribution in [3.05, 3.63) is 53.9 Å². The summed E-state index contributed by atoms with van der Waals surface area (Å²) in [6, 6.07) is 10.5. The molecule has 138 valence electrons. The van der Waals surface area contributed by atoms with Crippen LogP contribution in [0.2, 0.25) is 0 Å². The average molecular weight is 357 g/mol. The summed E-state index contributed by atoms with van der Waals surface area (Å²) in [6.45, 7) is 2.63. The first-order valence-corrected chi connectivity index (χ1v) is 8.20. The van der Waals surface area contributed by atoms with E-state index in [1.54, 1.807) is 29.3 Å². The molecule has 7 heteroatoms. The number of rotatable bonds is 8. The van der Waals surface area contributed by atoms with E-state index in [-0.39, 0.29) is 11.8 Å². The lowest BCUT2D eigenvalue weighted by Gasteiger charge is -2.21. The molecule has 1 aromatic carbocycles. The third-order valence-corrected chi connectivity index (χ3v) is 3.84. The van der Waals surface area contributed by atoms with Gasteiger partial charge in [0.2, 0.25) is 5.91 Å². The first kappa shape index (κ1) is 19.2. The molecule has 0 saturated carbocycles. The number of benzene rings is 1. The van der Waals surface area contributed by atoms with E-state index in [0.29, 0.717) is 36.7 Å². The van der Waals surface area contributed by atoms with Gasteiger partial charge in [0, 0.05) is 31.8 Å². The molecule has 0 unspecified atom stereocenters. The van der Waals surface area contributed by atoms with Crippen LogP contribution in [0, 0.1) is 0 Å². The molecule has 26 heavy (non-hydrogen) atoms. The second-order valence-electron chi connectivity index (χ2n) is 5.59. The van der Waals surface area contributed by atoms with Gasteiger partial charge >= 0.3 is 0 Å². The maximum Gasteiger partial charge on any atom is 0.251 e. The zero-order chi connectivity index (χ0) is 18.9. The number of amides is 2. The molecule has 2 aromatic rings. The smallest absolute Gasteiger partial charge is 0.251 e. The van der Waals surface area contributed by atoms with Gasteiger partial charge in [-0.3, -0.25) is 14.6 Å². The minimum Gasteiger partial charge on any atom is -0.493 e.